The molecule has 1 saturated heterocycles. The number of aromatic amines is 1. The Balaban J connectivity index is 1.57. The summed E-state index contributed by atoms with van der Waals surface area (Å²) in [6.45, 7) is 8.08. The second-order valence-electron chi connectivity index (χ2n) is 8.23. The SMILES string of the molecule is CCCn1c(=O)c2c(C)[nH]nc2c2cc(-c3ccc(CN4CCCCC4)s3)cnc21. The number of aryl methyl sites for hydroxylation is 2. The van der Waals surface area contributed by atoms with Crippen molar-refractivity contribution in [1.82, 2.24) is 24.6 Å². The third-order valence-electron chi connectivity index (χ3n) is 6.01. The lowest BCUT2D eigenvalue weighted by molar-refractivity contribution is 0.222. The quantitative estimate of drug-likeness (QED) is 0.507. The van der Waals surface area contributed by atoms with Crippen LogP contribution in [0, 0.1) is 6.92 Å². The van der Waals surface area contributed by atoms with Crippen LogP contribution in [0.3, 0.4) is 0 Å². The van der Waals surface area contributed by atoms with E-state index in [0.717, 1.165) is 40.8 Å². The van der Waals surface area contributed by atoms with Gasteiger partial charge in [0, 0.05) is 45.7 Å². The fourth-order valence-corrected chi connectivity index (χ4v) is 5.52. The number of nitrogens with one attached hydrogen (secondary N) is 1. The predicted molar refractivity (Wildman–Crippen MR) is 123 cm³/mol. The highest BCUT2D eigenvalue weighted by molar-refractivity contribution is 7.15. The van der Waals surface area contributed by atoms with Gasteiger partial charge < -0.3 is 0 Å². The van der Waals surface area contributed by atoms with Crippen molar-refractivity contribution in [3.63, 3.8) is 0 Å². The summed E-state index contributed by atoms with van der Waals surface area (Å²) in [5.74, 6) is 0. The van der Waals surface area contributed by atoms with E-state index in [1.807, 2.05) is 24.5 Å². The van der Waals surface area contributed by atoms with Gasteiger partial charge in [0.25, 0.3) is 5.56 Å². The minimum Gasteiger partial charge on any atom is -0.298 e. The van der Waals surface area contributed by atoms with Gasteiger partial charge in [-0.15, -0.1) is 11.3 Å². The number of nitrogens with zero attached hydrogens (tertiary/aromatic N) is 4. The van der Waals surface area contributed by atoms with E-state index in [-0.39, 0.29) is 5.56 Å². The van der Waals surface area contributed by atoms with Crippen LogP contribution >= 0.6 is 11.3 Å². The number of hydrogen-bond acceptors (Lipinski definition) is 5. The second-order valence-corrected chi connectivity index (χ2v) is 9.40. The van der Waals surface area contributed by atoms with E-state index >= 15 is 0 Å². The van der Waals surface area contributed by atoms with Gasteiger partial charge in [0.2, 0.25) is 0 Å². The molecule has 0 spiro atoms. The lowest BCUT2D eigenvalue weighted by atomic mass is 10.1. The second kappa shape index (κ2) is 7.96. The maximum Gasteiger partial charge on any atom is 0.263 e. The summed E-state index contributed by atoms with van der Waals surface area (Å²) in [5.41, 5.74) is 3.33. The molecule has 156 valence electrons. The van der Waals surface area contributed by atoms with Crippen molar-refractivity contribution in [2.24, 2.45) is 0 Å². The molecule has 5 heterocycles. The number of pyridine rings is 2. The average Bonchev–Trinajstić information content (AvgIpc) is 3.38. The molecule has 1 fully saturated rings. The van der Waals surface area contributed by atoms with Crippen LogP contribution in [0.15, 0.2) is 29.2 Å². The van der Waals surface area contributed by atoms with E-state index < -0.39 is 0 Å². The molecule has 0 radical (unpaired) electrons. The van der Waals surface area contributed by atoms with Crippen molar-refractivity contribution in [2.75, 3.05) is 13.1 Å². The van der Waals surface area contributed by atoms with Crippen LogP contribution in [0.5, 0.6) is 0 Å². The molecule has 0 saturated carbocycles. The molecule has 7 heteroatoms. The monoisotopic (exact) mass is 421 g/mol. The Hall–Kier alpha value is -2.51. The largest absolute Gasteiger partial charge is 0.298 e. The van der Waals surface area contributed by atoms with Gasteiger partial charge in [-0.2, -0.15) is 5.10 Å². The molecule has 4 aromatic heterocycles. The van der Waals surface area contributed by atoms with Crippen LogP contribution < -0.4 is 5.56 Å². The third-order valence-corrected chi connectivity index (χ3v) is 7.12. The van der Waals surface area contributed by atoms with Crippen molar-refractivity contribution in [3.05, 3.63) is 45.3 Å². The first kappa shape index (κ1) is 19.5. The van der Waals surface area contributed by atoms with Gasteiger partial charge >= 0.3 is 0 Å². The Morgan fingerprint density at radius 2 is 2.03 bits per heavy atom. The maximum absolute atomic E-state index is 13.0. The molecule has 6 nitrogen and oxygen atoms in total. The number of rotatable bonds is 5. The fourth-order valence-electron chi connectivity index (χ4n) is 4.49. The Morgan fingerprint density at radius 3 is 2.83 bits per heavy atom. The summed E-state index contributed by atoms with van der Waals surface area (Å²) in [6.07, 6.45) is 6.76. The van der Waals surface area contributed by atoms with Crippen LogP contribution in [0.25, 0.3) is 32.4 Å². The molecule has 1 aliphatic rings. The highest BCUT2D eigenvalue weighted by Gasteiger charge is 2.17. The van der Waals surface area contributed by atoms with E-state index in [1.54, 1.807) is 4.57 Å². The summed E-state index contributed by atoms with van der Waals surface area (Å²) in [5, 5.41) is 9.05. The van der Waals surface area contributed by atoms with Crippen molar-refractivity contribution in [2.45, 2.75) is 52.6 Å². The number of fused-ring (bicyclic) bond motifs is 3. The van der Waals surface area contributed by atoms with Crippen LogP contribution in [0.2, 0.25) is 0 Å². The summed E-state index contributed by atoms with van der Waals surface area (Å²) < 4.78 is 1.79. The molecule has 0 aromatic carbocycles. The van der Waals surface area contributed by atoms with Crippen molar-refractivity contribution < 1.29 is 0 Å². The molecule has 4 aromatic rings. The van der Waals surface area contributed by atoms with Crippen LogP contribution in [-0.2, 0) is 13.1 Å². The molecule has 0 aliphatic carbocycles. The van der Waals surface area contributed by atoms with E-state index in [9.17, 15) is 4.79 Å². The molecule has 0 unspecified atom stereocenters. The molecular formula is C23H27N5OS. The summed E-state index contributed by atoms with van der Waals surface area (Å²) >= 11 is 1.84. The van der Waals surface area contributed by atoms with E-state index in [4.69, 9.17) is 4.98 Å². The molecule has 0 atom stereocenters. The maximum atomic E-state index is 13.0. The topological polar surface area (TPSA) is 66.8 Å². The lowest BCUT2D eigenvalue weighted by Gasteiger charge is -2.25. The number of H-pyrrole nitrogens is 1. The van der Waals surface area contributed by atoms with Crippen molar-refractivity contribution in [3.8, 4) is 10.4 Å². The van der Waals surface area contributed by atoms with Gasteiger partial charge in [0.1, 0.15) is 11.2 Å². The lowest BCUT2D eigenvalue weighted by Crippen LogP contribution is -2.28. The molecule has 1 aliphatic heterocycles. The fraction of sp³-hybridized carbons (Fsp3) is 0.435. The van der Waals surface area contributed by atoms with Gasteiger partial charge in [0.15, 0.2) is 0 Å². The van der Waals surface area contributed by atoms with Gasteiger partial charge in [-0.05, 0) is 57.5 Å². The highest BCUT2D eigenvalue weighted by atomic mass is 32.1. The third kappa shape index (κ3) is 3.36. The molecule has 5 rings (SSSR count). The number of hydrogen-bond donors (Lipinski definition) is 1. The number of thiophene rings is 1. The van der Waals surface area contributed by atoms with Crippen LogP contribution in [0.1, 0.15) is 43.2 Å². The molecule has 30 heavy (non-hydrogen) atoms. The minimum atomic E-state index is -0.00853. The van der Waals surface area contributed by atoms with Crippen LogP contribution in [0.4, 0.5) is 0 Å². The average molecular weight is 422 g/mol. The van der Waals surface area contributed by atoms with Gasteiger partial charge in [0.05, 0.1) is 5.39 Å². The highest BCUT2D eigenvalue weighted by Crippen LogP contribution is 2.32. The first-order valence-corrected chi connectivity index (χ1v) is 11.7. The number of piperidine rings is 1. The standard InChI is InChI=1S/C23H27N5OS/c1-3-9-28-22-18(21-20(23(28)29)15(2)25-26-21)12-16(13-24-22)19-8-7-17(30-19)14-27-10-5-4-6-11-27/h7-8,12-13H,3-6,9-11,14H2,1-2H3,(H,25,26). The van der Waals surface area contributed by atoms with Crippen LogP contribution in [-0.4, -0.2) is 37.7 Å². The van der Waals surface area contributed by atoms with E-state index in [2.05, 4.69) is 40.2 Å². The zero-order valence-electron chi connectivity index (χ0n) is 17.6. The normalized spacial score (nSPS) is 15.4. The summed E-state index contributed by atoms with van der Waals surface area (Å²) in [6, 6.07) is 6.58. The molecule has 0 amide bonds. The van der Waals surface area contributed by atoms with Crippen molar-refractivity contribution >= 4 is 33.3 Å². The Bertz CT molecular complexity index is 1260. The Kier molecular flexibility index (Phi) is 5.16. The molecular weight excluding hydrogens is 394 g/mol. The zero-order valence-corrected chi connectivity index (χ0v) is 18.4. The summed E-state index contributed by atoms with van der Waals surface area (Å²) in [7, 11) is 0. The van der Waals surface area contributed by atoms with Gasteiger partial charge in [-0.3, -0.25) is 19.4 Å². The summed E-state index contributed by atoms with van der Waals surface area (Å²) in [4.78, 5) is 22.9. The van der Waals surface area contributed by atoms with E-state index in [1.165, 1.54) is 42.1 Å². The Morgan fingerprint density at radius 1 is 1.20 bits per heavy atom. The van der Waals surface area contributed by atoms with Crippen molar-refractivity contribution in [1.29, 1.82) is 0 Å². The molecule has 1 N–H and O–H groups in total. The Labute approximate surface area is 179 Å². The molecule has 0 bridgehead atoms. The van der Waals surface area contributed by atoms with Gasteiger partial charge in [-0.1, -0.05) is 13.3 Å². The number of likely N-dealkylation sites (tertiary alicyclic amines) is 1. The minimum absolute atomic E-state index is 0.00853. The first-order valence-electron chi connectivity index (χ1n) is 10.8. The predicted octanol–water partition coefficient (Wildman–Crippen LogP) is 4.71. The zero-order chi connectivity index (χ0) is 20.7. The van der Waals surface area contributed by atoms with E-state index in [0.29, 0.717) is 11.9 Å². The smallest absolute Gasteiger partial charge is 0.263 e. The van der Waals surface area contributed by atoms with Gasteiger partial charge in [-0.25, -0.2) is 4.98 Å². The first-order chi connectivity index (χ1) is 14.7. The number of aromatic nitrogens is 4.